The van der Waals surface area contributed by atoms with E-state index in [4.69, 9.17) is 11.6 Å². The maximum atomic E-state index is 12.8. The van der Waals surface area contributed by atoms with Crippen LogP contribution in [-0.2, 0) is 6.54 Å². The highest BCUT2D eigenvalue weighted by Gasteiger charge is 2.33. The van der Waals surface area contributed by atoms with E-state index >= 15 is 0 Å². The maximum absolute atomic E-state index is 12.8. The van der Waals surface area contributed by atoms with Gasteiger partial charge < -0.3 is 10.2 Å². The van der Waals surface area contributed by atoms with Crippen LogP contribution >= 0.6 is 11.6 Å². The molecule has 0 unspecified atom stereocenters. The second-order valence-electron chi connectivity index (χ2n) is 6.98. The zero-order chi connectivity index (χ0) is 18.1. The highest BCUT2D eigenvalue weighted by molar-refractivity contribution is 6.29. The zero-order valence-corrected chi connectivity index (χ0v) is 15.1. The lowest BCUT2D eigenvalue weighted by Gasteiger charge is -2.22. The van der Waals surface area contributed by atoms with Gasteiger partial charge in [-0.15, -0.1) is 0 Å². The lowest BCUT2D eigenvalue weighted by atomic mass is 10.1. The summed E-state index contributed by atoms with van der Waals surface area (Å²) in [5.41, 5.74) is 2.21. The first kappa shape index (κ1) is 17.0. The molecule has 5 nitrogen and oxygen atoms in total. The average molecular weight is 370 g/mol. The second-order valence-corrected chi connectivity index (χ2v) is 7.37. The Labute approximate surface area is 157 Å². The largest absolute Gasteiger partial charge is 0.349 e. The van der Waals surface area contributed by atoms with Gasteiger partial charge in [0.25, 0.3) is 11.8 Å². The summed E-state index contributed by atoms with van der Waals surface area (Å²) >= 11 is 5.81. The van der Waals surface area contributed by atoms with Crippen molar-refractivity contribution < 1.29 is 9.59 Å². The second kappa shape index (κ2) is 7.08. The van der Waals surface area contributed by atoms with Gasteiger partial charge in [-0.2, -0.15) is 0 Å². The van der Waals surface area contributed by atoms with Gasteiger partial charge in [0.15, 0.2) is 0 Å². The Kier molecular flexibility index (Phi) is 4.64. The first-order valence-corrected chi connectivity index (χ1v) is 9.30. The fourth-order valence-corrected chi connectivity index (χ4v) is 2.99. The number of amides is 2. The van der Waals surface area contributed by atoms with Crippen molar-refractivity contribution in [3.8, 4) is 0 Å². The molecular weight excluding hydrogens is 350 g/mol. The van der Waals surface area contributed by atoms with Crippen LogP contribution < -0.4 is 5.32 Å². The summed E-state index contributed by atoms with van der Waals surface area (Å²) in [4.78, 5) is 30.8. The number of aromatic nitrogens is 1. The van der Waals surface area contributed by atoms with Crippen molar-refractivity contribution in [1.82, 2.24) is 15.2 Å². The average Bonchev–Trinajstić information content (AvgIpc) is 3.54. The molecular formula is C20H20ClN3O2. The van der Waals surface area contributed by atoms with Crippen LogP contribution in [0.2, 0.25) is 5.15 Å². The number of carbonyl (C=O) groups is 2. The first-order valence-electron chi connectivity index (χ1n) is 8.92. The van der Waals surface area contributed by atoms with Crippen LogP contribution in [0.25, 0.3) is 0 Å². The summed E-state index contributed by atoms with van der Waals surface area (Å²) in [5.74, 6) is -0.0615. The number of carbonyl (C=O) groups excluding carboxylic acids is 2. The Bertz CT molecular complexity index is 812. The van der Waals surface area contributed by atoms with Crippen molar-refractivity contribution in [2.75, 3.05) is 0 Å². The predicted octanol–water partition coefficient (Wildman–Crippen LogP) is 3.43. The SMILES string of the molecule is O=C(NC1CC1)c1ccc(CN(C(=O)c2ccc(Cl)nc2)C2CC2)cc1. The molecule has 134 valence electrons. The Morgan fingerprint density at radius 3 is 2.31 bits per heavy atom. The van der Waals surface area contributed by atoms with Crippen molar-refractivity contribution in [3.63, 3.8) is 0 Å². The Morgan fingerprint density at radius 1 is 1.04 bits per heavy atom. The summed E-state index contributed by atoms with van der Waals surface area (Å²) in [5, 5.41) is 3.36. The van der Waals surface area contributed by atoms with Gasteiger partial charge in [-0.1, -0.05) is 23.7 Å². The van der Waals surface area contributed by atoms with Crippen molar-refractivity contribution in [1.29, 1.82) is 0 Å². The minimum absolute atomic E-state index is 0.0265. The number of nitrogens with zero attached hydrogens (tertiary/aromatic N) is 2. The van der Waals surface area contributed by atoms with E-state index in [1.54, 1.807) is 12.1 Å². The first-order chi connectivity index (χ1) is 12.6. The van der Waals surface area contributed by atoms with E-state index < -0.39 is 0 Å². The molecule has 0 bridgehead atoms. The Balaban J connectivity index is 1.45. The van der Waals surface area contributed by atoms with Gasteiger partial charge in [0.05, 0.1) is 5.56 Å². The van der Waals surface area contributed by atoms with Crippen LogP contribution in [0.15, 0.2) is 42.6 Å². The molecule has 2 fully saturated rings. The van der Waals surface area contributed by atoms with E-state index in [0.717, 1.165) is 31.2 Å². The molecule has 6 heteroatoms. The summed E-state index contributed by atoms with van der Waals surface area (Å²) in [6.45, 7) is 0.524. The molecule has 1 aromatic heterocycles. The van der Waals surface area contributed by atoms with Crippen LogP contribution in [0.4, 0.5) is 0 Å². The lowest BCUT2D eigenvalue weighted by Crippen LogP contribution is -2.32. The van der Waals surface area contributed by atoms with Gasteiger partial charge in [-0.3, -0.25) is 9.59 Å². The molecule has 0 radical (unpaired) electrons. The van der Waals surface area contributed by atoms with E-state index in [2.05, 4.69) is 10.3 Å². The predicted molar refractivity (Wildman–Crippen MR) is 99.1 cm³/mol. The number of nitrogens with one attached hydrogen (secondary N) is 1. The molecule has 2 aliphatic carbocycles. The van der Waals surface area contributed by atoms with Crippen LogP contribution in [0, 0.1) is 0 Å². The molecule has 4 rings (SSSR count). The molecule has 0 atom stereocenters. The third-order valence-corrected chi connectivity index (χ3v) is 4.93. The molecule has 0 spiro atoms. The summed E-state index contributed by atoms with van der Waals surface area (Å²) < 4.78 is 0. The van der Waals surface area contributed by atoms with Gasteiger partial charge in [-0.05, 0) is 55.5 Å². The van der Waals surface area contributed by atoms with Crippen molar-refractivity contribution in [2.45, 2.75) is 44.3 Å². The summed E-state index contributed by atoms with van der Waals surface area (Å²) in [7, 11) is 0. The van der Waals surface area contributed by atoms with Crippen LogP contribution in [0.1, 0.15) is 52.0 Å². The van der Waals surface area contributed by atoms with Gasteiger partial charge in [0.2, 0.25) is 0 Å². The van der Waals surface area contributed by atoms with Gasteiger partial charge in [0, 0.05) is 30.4 Å². The standard InChI is InChI=1S/C20H20ClN3O2/c21-18-10-5-15(11-22-18)20(26)24(17-8-9-17)12-13-1-3-14(4-2-13)19(25)23-16-6-7-16/h1-5,10-11,16-17H,6-9,12H2,(H,23,25). The minimum Gasteiger partial charge on any atom is -0.349 e. The third-order valence-electron chi connectivity index (χ3n) is 4.70. The van der Waals surface area contributed by atoms with Gasteiger partial charge >= 0.3 is 0 Å². The van der Waals surface area contributed by atoms with Crippen LogP contribution in [-0.4, -0.2) is 33.8 Å². The van der Waals surface area contributed by atoms with E-state index in [-0.39, 0.29) is 17.9 Å². The normalized spacial score (nSPS) is 16.2. The fourth-order valence-electron chi connectivity index (χ4n) is 2.88. The lowest BCUT2D eigenvalue weighted by molar-refractivity contribution is 0.0729. The van der Waals surface area contributed by atoms with Gasteiger partial charge in [-0.25, -0.2) is 4.98 Å². The zero-order valence-electron chi connectivity index (χ0n) is 14.3. The monoisotopic (exact) mass is 369 g/mol. The number of halogens is 1. The van der Waals surface area contributed by atoms with Crippen molar-refractivity contribution in [3.05, 3.63) is 64.4 Å². The quantitative estimate of drug-likeness (QED) is 0.793. The van der Waals surface area contributed by atoms with Crippen LogP contribution in [0.3, 0.4) is 0 Å². The number of rotatable bonds is 6. The van der Waals surface area contributed by atoms with E-state index in [1.165, 1.54) is 6.20 Å². The van der Waals surface area contributed by atoms with Crippen molar-refractivity contribution in [2.24, 2.45) is 0 Å². The van der Waals surface area contributed by atoms with E-state index in [1.807, 2.05) is 29.2 Å². The molecule has 2 aliphatic rings. The highest BCUT2D eigenvalue weighted by atomic mass is 35.5. The van der Waals surface area contributed by atoms with Crippen LogP contribution in [0.5, 0.6) is 0 Å². The Hall–Kier alpha value is -2.40. The molecule has 0 saturated heterocycles. The Morgan fingerprint density at radius 2 is 1.73 bits per heavy atom. The number of hydrogen-bond acceptors (Lipinski definition) is 3. The molecule has 2 aromatic rings. The smallest absolute Gasteiger partial charge is 0.255 e. The molecule has 2 amide bonds. The number of pyridine rings is 1. The minimum atomic E-state index is -0.0350. The topological polar surface area (TPSA) is 62.3 Å². The number of benzene rings is 1. The fraction of sp³-hybridized carbons (Fsp3) is 0.350. The van der Waals surface area contributed by atoms with E-state index in [9.17, 15) is 9.59 Å². The highest BCUT2D eigenvalue weighted by Crippen LogP contribution is 2.30. The molecule has 1 N–H and O–H groups in total. The molecule has 26 heavy (non-hydrogen) atoms. The molecule has 0 aliphatic heterocycles. The number of hydrogen-bond donors (Lipinski definition) is 1. The maximum Gasteiger partial charge on any atom is 0.255 e. The summed E-state index contributed by atoms with van der Waals surface area (Å²) in [6, 6.07) is 11.5. The van der Waals surface area contributed by atoms with Crippen molar-refractivity contribution >= 4 is 23.4 Å². The molecule has 1 aromatic carbocycles. The van der Waals surface area contributed by atoms with E-state index in [0.29, 0.717) is 28.9 Å². The molecule has 2 saturated carbocycles. The molecule has 1 heterocycles. The summed E-state index contributed by atoms with van der Waals surface area (Å²) in [6.07, 6.45) is 5.71. The third kappa shape index (κ3) is 4.05. The van der Waals surface area contributed by atoms with Gasteiger partial charge in [0.1, 0.15) is 5.15 Å².